The number of rotatable bonds is 8. The summed E-state index contributed by atoms with van der Waals surface area (Å²) in [6, 6.07) is 5.20. The van der Waals surface area contributed by atoms with Crippen molar-refractivity contribution in [3.05, 3.63) is 36.4 Å². The van der Waals surface area contributed by atoms with E-state index in [4.69, 9.17) is 9.47 Å². The highest BCUT2D eigenvalue weighted by molar-refractivity contribution is 5.97. The Balaban J connectivity index is 2.53. The van der Waals surface area contributed by atoms with Crippen molar-refractivity contribution in [1.29, 1.82) is 0 Å². The number of methoxy groups -OCH3 is 2. The van der Waals surface area contributed by atoms with E-state index in [2.05, 4.69) is 22.4 Å². The van der Waals surface area contributed by atoms with Gasteiger partial charge in [-0.15, -0.1) is 6.58 Å². The molecule has 1 aromatic carbocycles. The molecule has 0 saturated carbocycles. The second-order valence-electron chi connectivity index (χ2n) is 4.18. The van der Waals surface area contributed by atoms with Gasteiger partial charge >= 0.3 is 0 Å². The zero-order valence-corrected chi connectivity index (χ0v) is 12.6. The van der Waals surface area contributed by atoms with E-state index in [9.17, 15) is 9.59 Å². The molecule has 7 nitrogen and oxygen atoms in total. The standard InChI is InChI=1S/C15H19N3O4/c1-4-7-16-14(19)9-15(20)18-17-10-11-5-6-12(21-2)13(8-11)22-3/h4-6,8,10H,1,7,9H2,2-3H3,(H,16,19)(H,18,20)/b17-10+. The van der Waals surface area contributed by atoms with E-state index in [0.29, 0.717) is 23.6 Å². The average Bonchev–Trinajstić information content (AvgIpc) is 2.52. The van der Waals surface area contributed by atoms with Crippen LogP contribution in [0.1, 0.15) is 12.0 Å². The Kier molecular flexibility index (Phi) is 7.18. The minimum absolute atomic E-state index is 0.295. The predicted octanol–water partition coefficient (Wildman–Crippen LogP) is 0.846. The number of hydrazone groups is 1. The van der Waals surface area contributed by atoms with Crippen LogP contribution < -0.4 is 20.2 Å². The van der Waals surface area contributed by atoms with Gasteiger partial charge in [-0.05, 0) is 23.8 Å². The van der Waals surface area contributed by atoms with Crippen LogP contribution in [-0.4, -0.2) is 38.8 Å². The zero-order chi connectivity index (χ0) is 16.4. The Bertz CT molecular complexity index is 570. The maximum absolute atomic E-state index is 11.5. The third-order valence-electron chi connectivity index (χ3n) is 2.58. The lowest BCUT2D eigenvalue weighted by atomic mass is 10.2. The van der Waals surface area contributed by atoms with E-state index >= 15 is 0 Å². The molecule has 0 heterocycles. The van der Waals surface area contributed by atoms with E-state index < -0.39 is 11.8 Å². The van der Waals surface area contributed by atoms with E-state index in [1.165, 1.54) is 19.4 Å². The fourth-order valence-corrected chi connectivity index (χ4v) is 1.55. The predicted molar refractivity (Wildman–Crippen MR) is 83.1 cm³/mol. The monoisotopic (exact) mass is 305 g/mol. The van der Waals surface area contributed by atoms with Gasteiger partial charge < -0.3 is 14.8 Å². The number of nitrogens with one attached hydrogen (secondary N) is 2. The van der Waals surface area contributed by atoms with Gasteiger partial charge in [0, 0.05) is 6.54 Å². The lowest BCUT2D eigenvalue weighted by Crippen LogP contribution is -2.29. The number of ether oxygens (including phenoxy) is 2. The third kappa shape index (κ3) is 5.66. The first kappa shape index (κ1) is 17.2. The fraction of sp³-hybridized carbons (Fsp3) is 0.267. The quantitative estimate of drug-likeness (QED) is 0.322. The van der Waals surface area contributed by atoms with Crippen LogP contribution in [-0.2, 0) is 9.59 Å². The summed E-state index contributed by atoms with van der Waals surface area (Å²) in [5, 5.41) is 6.28. The molecule has 0 aromatic heterocycles. The van der Waals surface area contributed by atoms with Crippen molar-refractivity contribution in [2.45, 2.75) is 6.42 Å². The SMILES string of the molecule is C=CCNC(=O)CC(=O)N/N=C/c1ccc(OC)c(OC)c1. The maximum Gasteiger partial charge on any atom is 0.249 e. The second-order valence-corrected chi connectivity index (χ2v) is 4.18. The molecule has 22 heavy (non-hydrogen) atoms. The number of amides is 2. The molecule has 2 amide bonds. The average molecular weight is 305 g/mol. The molecule has 2 N–H and O–H groups in total. The smallest absolute Gasteiger partial charge is 0.249 e. The molecular formula is C15H19N3O4. The summed E-state index contributed by atoms with van der Waals surface area (Å²) in [5.41, 5.74) is 2.99. The van der Waals surface area contributed by atoms with Gasteiger partial charge in [0.1, 0.15) is 6.42 Å². The van der Waals surface area contributed by atoms with Gasteiger partial charge in [0.2, 0.25) is 11.8 Å². The van der Waals surface area contributed by atoms with Gasteiger partial charge in [-0.2, -0.15) is 5.10 Å². The van der Waals surface area contributed by atoms with Crippen molar-refractivity contribution in [3.63, 3.8) is 0 Å². The number of carbonyl (C=O) groups excluding carboxylic acids is 2. The topological polar surface area (TPSA) is 89.0 Å². The van der Waals surface area contributed by atoms with Crippen molar-refractivity contribution in [1.82, 2.24) is 10.7 Å². The van der Waals surface area contributed by atoms with Crippen LogP contribution >= 0.6 is 0 Å². The molecule has 0 aliphatic carbocycles. The Morgan fingerprint density at radius 1 is 1.23 bits per heavy atom. The second kappa shape index (κ2) is 9.17. The molecule has 0 fully saturated rings. The lowest BCUT2D eigenvalue weighted by Gasteiger charge is -2.07. The number of nitrogens with zero attached hydrogens (tertiary/aromatic N) is 1. The Morgan fingerprint density at radius 2 is 1.95 bits per heavy atom. The molecule has 0 aliphatic heterocycles. The minimum Gasteiger partial charge on any atom is -0.493 e. The summed E-state index contributed by atoms with van der Waals surface area (Å²) in [6.07, 6.45) is 2.68. The molecule has 0 bridgehead atoms. The van der Waals surface area contributed by atoms with Gasteiger partial charge in [-0.25, -0.2) is 5.43 Å². The first-order valence-electron chi connectivity index (χ1n) is 6.52. The molecular weight excluding hydrogens is 286 g/mol. The highest BCUT2D eigenvalue weighted by Crippen LogP contribution is 2.26. The molecule has 118 valence electrons. The van der Waals surface area contributed by atoms with Crippen LogP contribution in [0.2, 0.25) is 0 Å². The summed E-state index contributed by atoms with van der Waals surface area (Å²) in [6.45, 7) is 3.78. The molecule has 0 radical (unpaired) electrons. The molecule has 0 spiro atoms. The van der Waals surface area contributed by atoms with Gasteiger partial charge in [0.05, 0.1) is 20.4 Å². The van der Waals surface area contributed by atoms with Crippen LogP contribution in [0.4, 0.5) is 0 Å². The van der Waals surface area contributed by atoms with Crippen LogP contribution in [0, 0.1) is 0 Å². The van der Waals surface area contributed by atoms with Crippen LogP contribution in [0.5, 0.6) is 11.5 Å². The molecule has 7 heteroatoms. The van der Waals surface area contributed by atoms with Crippen molar-refractivity contribution < 1.29 is 19.1 Å². The number of benzene rings is 1. The van der Waals surface area contributed by atoms with E-state index in [1.807, 2.05) is 0 Å². The van der Waals surface area contributed by atoms with Crippen molar-refractivity contribution >= 4 is 18.0 Å². The number of hydrogen-bond acceptors (Lipinski definition) is 5. The summed E-state index contributed by atoms with van der Waals surface area (Å²) < 4.78 is 10.3. The highest BCUT2D eigenvalue weighted by atomic mass is 16.5. The van der Waals surface area contributed by atoms with Gasteiger partial charge in [0.25, 0.3) is 0 Å². The molecule has 1 aromatic rings. The summed E-state index contributed by atoms with van der Waals surface area (Å²) in [5.74, 6) is 0.265. The highest BCUT2D eigenvalue weighted by Gasteiger charge is 2.07. The van der Waals surface area contributed by atoms with Crippen molar-refractivity contribution in [2.75, 3.05) is 20.8 Å². The summed E-state index contributed by atoms with van der Waals surface area (Å²) in [4.78, 5) is 22.8. The molecule has 0 aliphatic rings. The van der Waals surface area contributed by atoms with Crippen molar-refractivity contribution in [3.8, 4) is 11.5 Å². The van der Waals surface area contributed by atoms with E-state index in [-0.39, 0.29) is 6.42 Å². The lowest BCUT2D eigenvalue weighted by molar-refractivity contribution is -0.129. The summed E-state index contributed by atoms with van der Waals surface area (Å²) in [7, 11) is 3.08. The Morgan fingerprint density at radius 3 is 2.59 bits per heavy atom. The zero-order valence-electron chi connectivity index (χ0n) is 12.6. The van der Waals surface area contributed by atoms with Crippen LogP contribution in [0.15, 0.2) is 36.0 Å². The Labute approximate surface area is 129 Å². The first-order valence-corrected chi connectivity index (χ1v) is 6.52. The summed E-state index contributed by atoms with van der Waals surface area (Å²) >= 11 is 0. The molecule has 0 unspecified atom stereocenters. The number of hydrogen-bond donors (Lipinski definition) is 2. The van der Waals surface area contributed by atoms with Crippen LogP contribution in [0.25, 0.3) is 0 Å². The van der Waals surface area contributed by atoms with Gasteiger partial charge in [0.15, 0.2) is 11.5 Å². The Hall–Kier alpha value is -2.83. The van der Waals surface area contributed by atoms with E-state index in [0.717, 1.165) is 0 Å². The fourth-order valence-electron chi connectivity index (χ4n) is 1.55. The molecule has 1 rings (SSSR count). The largest absolute Gasteiger partial charge is 0.493 e. The van der Waals surface area contributed by atoms with Crippen LogP contribution in [0.3, 0.4) is 0 Å². The molecule has 0 saturated heterocycles. The first-order chi connectivity index (χ1) is 10.6. The third-order valence-corrected chi connectivity index (χ3v) is 2.58. The molecule has 0 atom stereocenters. The van der Waals surface area contributed by atoms with Gasteiger partial charge in [-0.3, -0.25) is 9.59 Å². The van der Waals surface area contributed by atoms with Crippen molar-refractivity contribution in [2.24, 2.45) is 5.10 Å². The minimum atomic E-state index is -0.502. The van der Waals surface area contributed by atoms with E-state index in [1.54, 1.807) is 25.3 Å². The van der Waals surface area contributed by atoms with Gasteiger partial charge in [-0.1, -0.05) is 6.08 Å². The number of carbonyl (C=O) groups is 2. The maximum atomic E-state index is 11.5. The normalized spacial score (nSPS) is 10.1.